The van der Waals surface area contributed by atoms with Crippen molar-refractivity contribution in [3.8, 4) is 45.7 Å². The Labute approximate surface area is 204 Å². The summed E-state index contributed by atoms with van der Waals surface area (Å²) in [6, 6.07) is 24.0. The standard InChI is InChI=1S/C28H27NO6/c1-31-23-14-13-20(15-24(23)35-18-19-9-6-5-7-10-19)22-11-8-12-27(30)29(22)21-16-25(32-2)28(34-4)26(17-21)33-3/h5-17H,18H2,1-4H3. The topological polar surface area (TPSA) is 68.2 Å². The molecule has 0 unspecified atom stereocenters. The van der Waals surface area contributed by atoms with E-state index in [1.165, 1.54) is 27.4 Å². The van der Waals surface area contributed by atoms with E-state index in [2.05, 4.69) is 0 Å². The molecule has 1 heterocycles. The fraction of sp³-hybridized carbons (Fsp3) is 0.179. The lowest BCUT2D eigenvalue weighted by Crippen LogP contribution is -2.19. The van der Waals surface area contributed by atoms with Crippen molar-refractivity contribution in [3.05, 3.63) is 94.8 Å². The highest BCUT2D eigenvalue weighted by Crippen LogP contribution is 2.40. The average molecular weight is 474 g/mol. The number of ether oxygens (including phenoxy) is 5. The zero-order valence-electron chi connectivity index (χ0n) is 20.1. The molecule has 0 spiro atoms. The van der Waals surface area contributed by atoms with Crippen LogP contribution in [0.4, 0.5) is 0 Å². The Hall–Kier alpha value is -4.39. The van der Waals surface area contributed by atoms with E-state index in [0.717, 1.165) is 11.1 Å². The van der Waals surface area contributed by atoms with Crippen LogP contribution in [0.1, 0.15) is 5.56 Å². The Morgan fingerprint density at radius 3 is 1.97 bits per heavy atom. The summed E-state index contributed by atoms with van der Waals surface area (Å²) in [4.78, 5) is 13.1. The van der Waals surface area contributed by atoms with E-state index < -0.39 is 0 Å². The van der Waals surface area contributed by atoms with Crippen LogP contribution in [0.2, 0.25) is 0 Å². The molecule has 0 bridgehead atoms. The van der Waals surface area contributed by atoms with Crippen molar-refractivity contribution < 1.29 is 23.7 Å². The number of hydrogen-bond donors (Lipinski definition) is 0. The lowest BCUT2D eigenvalue weighted by atomic mass is 10.1. The summed E-state index contributed by atoms with van der Waals surface area (Å²) in [5.41, 5.74) is 2.84. The molecule has 0 fully saturated rings. The van der Waals surface area contributed by atoms with Gasteiger partial charge in [-0.05, 0) is 29.8 Å². The molecule has 0 N–H and O–H groups in total. The number of rotatable bonds is 9. The van der Waals surface area contributed by atoms with Crippen LogP contribution in [0.5, 0.6) is 28.7 Å². The highest BCUT2D eigenvalue weighted by Gasteiger charge is 2.18. The van der Waals surface area contributed by atoms with Gasteiger partial charge in [-0.2, -0.15) is 0 Å². The van der Waals surface area contributed by atoms with E-state index in [1.54, 1.807) is 29.9 Å². The van der Waals surface area contributed by atoms with Gasteiger partial charge in [0.1, 0.15) is 6.61 Å². The Morgan fingerprint density at radius 2 is 1.34 bits per heavy atom. The van der Waals surface area contributed by atoms with E-state index >= 15 is 0 Å². The van der Waals surface area contributed by atoms with Gasteiger partial charge in [0, 0.05) is 23.8 Å². The van der Waals surface area contributed by atoms with Crippen molar-refractivity contribution in [1.82, 2.24) is 4.57 Å². The van der Waals surface area contributed by atoms with Crippen LogP contribution < -0.4 is 29.2 Å². The van der Waals surface area contributed by atoms with E-state index in [9.17, 15) is 4.79 Å². The number of methoxy groups -OCH3 is 4. The van der Waals surface area contributed by atoms with Gasteiger partial charge < -0.3 is 23.7 Å². The third-order valence-electron chi connectivity index (χ3n) is 5.56. The Kier molecular flexibility index (Phi) is 7.26. The van der Waals surface area contributed by atoms with E-state index in [-0.39, 0.29) is 5.56 Å². The minimum Gasteiger partial charge on any atom is -0.493 e. The number of benzene rings is 3. The fourth-order valence-electron chi connectivity index (χ4n) is 3.86. The summed E-state index contributed by atoms with van der Waals surface area (Å²) in [7, 11) is 6.21. The van der Waals surface area contributed by atoms with Gasteiger partial charge in [0.2, 0.25) is 5.75 Å². The predicted molar refractivity (Wildman–Crippen MR) is 134 cm³/mol. The molecule has 4 aromatic rings. The van der Waals surface area contributed by atoms with Gasteiger partial charge in [0.15, 0.2) is 23.0 Å². The van der Waals surface area contributed by atoms with Gasteiger partial charge >= 0.3 is 0 Å². The van der Waals surface area contributed by atoms with Crippen molar-refractivity contribution in [2.45, 2.75) is 6.61 Å². The first-order chi connectivity index (χ1) is 17.1. The van der Waals surface area contributed by atoms with E-state index in [1.807, 2.05) is 54.6 Å². The summed E-state index contributed by atoms with van der Waals surface area (Å²) >= 11 is 0. The molecule has 180 valence electrons. The van der Waals surface area contributed by atoms with Gasteiger partial charge in [0.25, 0.3) is 5.56 Å². The third kappa shape index (κ3) is 4.94. The molecule has 0 aliphatic rings. The molecule has 7 heteroatoms. The maximum atomic E-state index is 13.1. The van der Waals surface area contributed by atoms with Crippen LogP contribution in [0.25, 0.3) is 16.9 Å². The Morgan fingerprint density at radius 1 is 0.657 bits per heavy atom. The number of hydrogen-bond acceptors (Lipinski definition) is 6. The van der Waals surface area contributed by atoms with Gasteiger partial charge in [-0.15, -0.1) is 0 Å². The molecule has 0 saturated carbocycles. The Bertz CT molecular complexity index is 1340. The molecule has 3 aromatic carbocycles. The SMILES string of the molecule is COc1ccc(-c2cccc(=O)n2-c2cc(OC)c(OC)c(OC)c2)cc1OCc1ccccc1. The average Bonchev–Trinajstić information content (AvgIpc) is 2.91. The normalized spacial score (nSPS) is 10.5. The zero-order valence-corrected chi connectivity index (χ0v) is 20.1. The number of aromatic nitrogens is 1. The smallest absolute Gasteiger partial charge is 0.255 e. The Balaban J connectivity index is 1.81. The van der Waals surface area contributed by atoms with Gasteiger partial charge in [0.05, 0.1) is 39.8 Å². The van der Waals surface area contributed by atoms with Crippen molar-refractivity contribution in [1.29, 1.82) is 0 Å². The zero-order chi connectivity index (χ0) is 24.8. The van der Waals surface area contributed by atoms with Crippen molar-refractivity contribution in [2.24, 2.45) is 0 Å². The molecule has 4 rings (SSSR count). The molecule has 1 aromatic heterocycles. The molecule has 0 saturated heterocycles. The molecular weight excluding hydrogens is 446 g/mol. The molecule has 7 nitrogen and oxygen atoms in total. The van der Waals surface area contributed by atoms with Crippen LogP contribution in [0, 0.1) is 0 Å². The van der Waals surface area contributed by atoms with Gasteiger partial charge in [-0.25, -0.2) is 0 Å². The van der Waals surface area contributed by atoms with Crippen molar-refractivity contribution >= 4 is 0 Å². The van der Waals surface area contributed by atoms with Crippen molar-refractivity contribution in [3.63, 3.8) is 0 Å². The third-order valence-corrected chi connectivity index (χ3v) is 5.56. The minimum absolute atomic E-state index is 0.209. The van der Waals surface area contributed by atoms with Gasteiger partial charge in [-0.1, -0.05) is 36.4 Å². The maximum absolute atomic E-state index is 13.1. The molecular formula is C28H27NO6. The fourth-order valence-corrected chi connectivity index (χ4v) is 3.86. The van der Waals surface area contributed by atoms with E-state index in [0.29, 0.717) is 46.7 Å². The van der Waals surface area contributed by atoms with Crippen molar-refractivity contribution in [2.75, 3.05) is 28.4 Å². The molecule has 0 amide bonds. The van der Waals surface area contributed by atoms with Crippen LogP contribution in [0.15, 0.2) is 83.7 Å². The number of nitrogens with zero attached hydrogens (tertiary/aromatic N) is 1. The molecule has 0 aliphatic heterocycles. The van der Waals surface area contributed by atoms with Gasteiger partial charge in [-0.3, -0.25) is 9.36 Å². The lowest BCUT2D eigenvalue weighted by molar-refractivity contribution is 0.284. The number of pyridine rings is 1. The molecule has 0 atom stereocenters. The molecule has 0 radical (unpaired) electrons. The highest BCUT2D eigenvalue weighted by molar-refractivity contribution is 5.68. The second-order valence-electron chi connectivity index (χ2n) is 7.61. The van der Waals surface area contributed by atoms with Crippen LogP contribution >= 0.6 is 0 Å². The maximum Gasteiger partial charge on any atom is 0.255 e. The first kappa shape index (κ1) is 23.8. The molecule has 0 aliphatic carbocycles. The summed E-state index contributed by atoms with van der Waals surface area (Å²) in [6.07, 6.45) is 0. The highest BCUT2D eigenvalue weighted by atomic mass is 16.5. The summed E-state index contributed by atoms with van der Waals surface area (Å²) < 4.78 is 29.6. The van der Waals surface area contributed by atoms with Crippen LogP contribution in [-0.4, -0.2) is 33.0 Å². The monoisotopic (exact) mass is 473 g/mol. The summed E-state index contributed by atoms with van der Waals surface area (Å²) in [5, 5.41) is 0. The summed E-state index contributed by atoms with van der Waals surface area (Å²) in [5.74, 6) is 2.52. The lowest BCUT2D eigenvalue weighted by Gasteiger charge is -2.18. The van der Waals surface area contributed by atoms with Crippen LogP contribution in [0.3, 0.4) is 0 Å². The van der Waals surface area contributed by atoms with Crippen LogP contribution in [-0.2, 0) is 6.61 Å². The minimum atomic E-state index is -0.209. The second kappa shape index (κ2) is 10.7. The summed E-state index contributed by atoms with van der Waals surface area (Å²) in [6.45, 7) is 0.384. The molecule has 35 heavy (non-hydrogen) atoms. The second-order valence-corrected chi connectivity index (χ2v) is 7.61. The van der Waals surface area contributed by atoms with E-state index in [4.69, 9.17) is 23.7 Å². The quantitative estimate of drug-likeness (QED) is 0.336. The largest absolute Gasteiger partial charge is 0.493 e. The first-order valence-corrected chi connectivity index (χ1v) is 11.0. The predicted octanol–water partition coefficient (Wildman–Crippen LogP) is 5.12. The first-order valence-electron chi connectivity index (χ1n) is 11.0.